The number of nitrogens with zero attached hydrogens (tertiary/aromatic N) is 1. The Morgan fingerprint density at radius 3 is 1.75 bits per heavy atom. The van der Waals surface area contributed by atoms with Gasteiger partial charge in [-0.25, -0.2) is 4.90 Å². The van der Waals surface area contributed by atoms with Crippen LogP contribution in [0.3, 0.4) is 0 Å². The summed E-state index contributed by atoms with van der Waals surface area (Å²) in [5, 5.41) is 0. The van der Waals surface area contributed by atoms with Crippen LogP contribution in [0.2, 0.25) is 0 Å². The van der Waals surface area contributed by atoms with E-state index in [0.29, 0.717) is 0 Å². The molecule has 2 amide bonds. The molecule has 124 valence electrons. The minimum atomic E-state index is -0.211. The van der Waals surface area contributed by atoms with Gasteiger partial charge in [0.2, 0.25) is 11.8 Å². The molecular weight excluding hydrogens is 298 g/mol. The molecule has 1 aliphatic heterocycles. The van der Waals surface area contributed by atoms with E-state index in [9.17, 15) is 9.59 Å². The van der Waals surface area contributed by atoms with E-state index in [1.165, 1.54) is 16.0 Å². The van der Waals surface area contributed by atoms with Gasteiger partial charge in [0.25, 0.3) is 0 Å². The van der Waals surface area contributed by atoms with Gasteiger partial charge < -0.3 is 0 Å². The van der Waals surface area contributed by atoms with Crippen molar-refractivity contribution in [3.05, 3.63) is 52.1 Å². The molecule has 1 saturated carbocycles. The van der Waals surface area contributed by atoms with Crippen molar-refractivity contribution in [1.29, 1.82) is 0 Å². The Bertz CT molecular complexity index is 784. The lowest BCUT2D eigenvalue weighted by Gasteiger charge is -2.23. The van der Waals surface area contributed by atoms with Gasteiger partial charge in [0.15, 0.2) is 0 Å². The average Bonchev–Trinajstić information content (AvgIpc) is 3.11. The number of anilines is 1. The topological polar surface area (TPSA) is 37.4 Å². The van der Waals surface area contributed by atoms with E-state index in [1.54, 1.807) is 0 Å². The fraction of sp³-hybridized carbons (Fsp3) is 0.429. The van der Waals surface area contributed by atoms with Gasteiger partial charge in [0.05, 0.1) is 17.5 Å². The number of fused-ring (bicyclic) bond motifs is 5. The van der Waals surface area contributed by atoms with Crippen LogP contribution >= 0.6 is 0 Å². The van der Waals surface area contributed by atoms with Gasteiger partial charge in [-0.05, 0) is 45.7 Å². The maximum atomic E-state index is 13.2. The molecule has 0 N–H and O–H groups in total. The van der Waals surface area contributed by atoms with Gasteiger partial charge in [0, 0.05) is 11.8 Å². The zero-order chi connectivity index (χ0) is 17.3. The van der Waals surface area contributed by atoms with E-state index in [2.05, 4.69) is 26.0 Å². The molecule has 3 nitrogen and oxygen atoms in total. The second-order valence-electron chi connectivity index (χ2n) is 7.70. The summed E-state index contributed by atoms with van der Waals surface area (Å²) in [6.07, 6.45) is 4.27. The first-order valence-corrected chi connectivity index (χ1v) is 8.64. The lowest BCUT2D eigenvalue weighted by atomic mass is 9.85. The number of hydrogen-bond acceptors (Lipinski definition) is 2. The zero-order valence-electron chi connectivity index (χ0n) is 14.9. The fourth-order valence-electron chi connectivity index (χ4n) is 5.18. The lowest BCUT2D eigenvalue weighted by Crippen LogP contribution is -2.34. The maximum absolute atomic E-state index is 13.2. The van der Waals surface area contributed by atoms with E-state index in [0.717, 1.165) is 22.4 Å². The Kier molecular flexibility index (Phi) is 3.15. The minimum Gasteiger partial charge on any atom is -0.274 e. The van der Waals surface area contributed by atoms with E-state index < -0.39 is 0 Å². The van der Waals surface area contributed by atoms with E-state index in [-0.39, 0.29) is 35.5 Å². The van der Waals surface area contributed by atoms with Crippen LogP contribution < -0.4 is 4.90 Å². The van der Waals surface area contributed by atoms with Crippen molar-refractivity contribution in [2.45, 2.75) is 34.6 Å². The van der Waals surface area contributed by atoms with Crippen LogP contribution in [-0.4, -0.2) is 11.8 Å². The Labute approximate surface area is 143 Å². The van der Waals surface area contributed by atoms with Gasteiger partial charge >= 0.3 is 0 Å². The Balaban J connectivity index is 1.82. The van der Waals surface area contributed by atoms with Crippen molar-refractivity contribution in [2.24, 2.45) is 23.7 Å². The van der Waals surface area contributed by atoms with Crippen LogP contribution in [-0.2, 0) is 9.59 Å². The highest BCUT2D eigenvalue weighted by atomic mass is 16.2. The van der Waals surface area contributed by atoms with Crippen LogP contribution in [0.1, 0.15) is 30.5 Å². The van der Waals surface area contributed by atoms with Gasteiger partial charge in [-0.2, -0.15) is 0 Å². The molecule has 1 heterocycles. The molecule has 1 saturated heterocycles. The summed E-state index contributed by atoms with van der Waals surface area (Å²) in [7, 11) is 0. The average molecular weight is 321 g/mol. The number of amides is 2. The molecule has 2 fully saturated rings. The highest BCUT2D eigenvalue weighted by Crippen LogP contribution is 2.57. The SMILES string of the molecule is CC(C)=C1[C@H]2C=C[C@H]1[C@H]1C(=O)N(c3c(C)cc(C)cc3C)C(=O)[C@H]12. The van der Waals surface area contributed by atoms with E-state index >= 15 is 0 Å². The van der Waals surface area contributed by atoms with Crippen LogP contribution in [0.25, 0.3) is 0 Å². The minimum absolute atomic E-state index is 0.0179. The second-order valence-corrected chi connectivity index (χ2v) is 7.70. The van der Waals surface area contributed by atoms with Crippen LogP contribution in [0.15, 0.2) is 35.4 Å². The normalized spacial score (nSPS) is 30.5. The number of rotatable bonds is 1. The summed E-state index contributed by atoms with van der Waals surface area (Å²) in [4.78, 5) is 27.9. The van der Waals surface area contributed by atoms with Gasteiger partial charge in [-0.15, -0.1) is 0 Å². The largest absolute Gasteiger partial charge is 0.274 e. The molecular formula is C21H23NO2. The molecule has 2 bridgehead atoms. The lowest BCUT2D eigenvalue weighted by molar-refractivity contribution is -0.123. The van der Waals surface area contributed by atoms with Gasteiger partial charge in [-0.3, -0.25) is 9.59 Å². The molecule has 0 unspecified atom stereocenters. The summed E-state index contributed by atoms with van der Waals surface area (Å²) in [5.74, 6) is -0.240. The molecule has 4 rings (SSSR count). The number of allylic oxidation sites excluding steroid dienone is 4. The van der Waals surface area contributed by atoms with Crippen molar-refractivity contribution in [2.75, 3.05) is 4.90 Å². The summed E-state index contributed by atoms with van der Waals surface area (Å²) in [6.45, 7) is 10.2. The Morgan fingerprint density at radius 1 is 0.875 bits per heavy atom. The molecule has 24 heavy (non-hydrogen) atoms. The first kappa shape index (κ1) is 15.4. The Hall–Kier alpha value is -2.16. The van der Waals surface area contributed by atoms with Crippen molar-refractivity contribution in [3.8, 4) is 0 Å². The molecule has 3 aliphatic rings. The quantitative estimate of drug-likeness (QED) is 0.581. The number of hydrogen-bond donors (Lipinski definition) is 0. The van der Waals surface area contributed by atoms with Gasteiger partial charge in [0.1, 0.15) is 0 Å². The van der Waals surface area contributed by atoms with Gasteiger partial charge in [-0.1, -0.05) is 41.0 Å². The first-order chi connectivity index (χ1) is 11.3. The maximum Gasteiger partial charge on any atom is 0.238 e. The summed E-state index contributed by atoms with van der Waals surface area (Å²) in [6, 6.07) is 4.09. The predicted molar refractivity (Wildman–Crippen MR) is 94.6 cm³/mol. The molecule has 3 heteroatoms. The van der Waals surface area contributed by atoms with Crippen molar-refractivity contribution >= 4 is 17.5 Å². The standard InChI is InChI=1S/C21H23NO2/c1-10(2)16-14-6-7-15(16)18-17(14)20(23)22(21(18)24)19-12(4)8-11(3)9-13(19)5/h6-9,14-15,17-18H,1-5H3/t14-,15-,17-,18+/m1/s1. The van der Waals surface area contributed by atoms with Crippen LogP contribution in [0.4, 0.5) is 5.69 Å². The molecule has 0 radical (unpaired) electrons. The number of imide groups is 1. The zero-order valence-corrected chi connectivity index (χ0v) is 14.9. The molecule has 0 spiro atoms. The molecule has 1 aromatic rings. The van der Waals surface area contributed by atoms with Crippen molar-refractivity contribution < 1.29 is 9.59 Å². The predicted octanol–water partition coefficient (Wildman–Crippen LogP) is 3.87. The number of carbonyl (C=O) groups is 2. The first-order valence-electron chi connectivity index (χ1n) is 8.64. The van der Waals surface area contributed by atoms with Crippen molar-refractivity contribution in [1.82, 2.24) is 0 Å². The molecule has 1 aromatic carbocycles. The summed E-state index contributed by atoms with van der Waals surface area (Å²) in [5.41, 5.74) is 6.49. The van der Waals surface area contributed by atoms with Crippen LogP contribution in [0.5, 0.6) is 0 Å². The third kappa shape index (κ3) is 1.78. The third-order valence-electron chi connectivity index (χ3n) is 5.85. The van der Waals surface area contributed by atoms with E-state index in [4.69, 9.17) is 0 Å². The monoisotopic (exact) mass is 321 g/mol. The second kappa shape index (κ2) is 4.92. The highest BCUT2D eigenvalue weighted by molar-refractivity contribution is 6.24. The molecule has 2 aliphatic carbocycles. The number of benzene rings is 1. The van der Waals surface area contributed by atoms with Crippen LogP contribution in [0, 0.1) is 44.4 Å². The van der Waals surface area contributed by atoms with E-state index in [1.807, 2.05) is 32.9 Å². The Morgan fingerprint density at radius 2 is 1.33 bits per heavy atom. The molecule has 4 atom stereocenters. The molecule has 0 aromatic heterocycles. The summed E-state index contributed by atoms with van der Waals surface area (Å²) < 4.78 is 0. The fourth-order valence-corrected chi connectivity index (χ4v) is 5.18. The van der Waals surface area contributed by atoms with Crippen molar-refractivity contribution in [3.63, 3.8) is 0 Å². The third-order valence-corrected chi connectivity index (χ3v) is 5.85. The smallest absolute Gasteiger partial charge is 0.238 e. The summed E-state index contributed by atoms with van der Waals surface area (Å²) >= 11 is 0. The highest BCUT2D eigenvalue weighted by Gasteiger charge is 2.62. The number of carbonyl (C=O) groups excluding carboxylic acids is 2. The number of aryl methyl sites for hydroxylation is 3.